The fourth-order valence-corrected chi connectivity index (χ4v) is 0.389. The molecule has 0 bridgehead atoms. The van der Waals surface area contributed by atoms with Crippen molar-refractivity contribution in [3.63, 3.8) is 0 Å². The lowest BCUT2D eigenvalue weighted by molar-refractivity contribution is -0.548. The van der Waals surface area contributed by atoms with Crippen LogP contribution in [-0.4, -0.2) is 22.1 Å². The van der Waals surface area contributed by atoms with Gasteiger partial charge >= 0.3 is 11.9 Å². The van der Waals surface area contributed by atoms with Crippen molar-refractivity contribution in [2.75, 3.05) is 0 Å². The molecule has 0 saturated heterocycles. The van der Waals surface area contributed by atoms with Crippen LogP contribution < -0.4 is 10.0 Å². The number of quaternary nitrogens is 1. The number of hydrogen-bond acceptors (Lipinski definition) is 4. The first-order valence-electron chi connectivity index (χ1n) is 2.08. The Bertz CT molecular complexity index is 192. The van der Waals surface area contributed by atoms with Crippen LogP contribution in [0.2, 0.25) is 0 Å². The first-order valence-corrected chi connectivity index (χ1v) is 2.90. The zero-order chi connectivity index (χ0) is 8.31. The van der Waals surface area contributed by atoms with Crippen molar-refractivity contribution in [2.24, 2.45) is 5.73 Å². The van der Waals surface area contributed by atoms with Crippen molar-refractivity contribution in [3.8, 4) is 0 Å². The Morgan fingerprint density at radius 1 is 1.60 bits per heavy atom. The number of nitrogens with one attached hydrogen (secondary N) is 1. The van der Waals surface area contributed by atoms with E-state index in [4.69, 9.17) is 10.8 Å². The van der Waals surface area contributed by atoms with Gasteiger partial charge in [0.15, 0.2) is 0 Å². The number of rotatable bonds is 0. The Labute approximate surface area is 67.3 Å². The van der Waals surface area contributed by atoms with E-state index in [0.717, 1.165) is 0 Å². The molecule has 0 aliphatic carbocycles. The minimum Gasteiger partial charge on any atom is -0.478 e. The molecule has 0 spiro atoms. The van der Waals surface area contributed by atoms with Gasteiger partial charge in [-0.05, 0) is 0 Å². The molecular weight excluding hydrogens is 176 g/mol. The van der Waals surface area contributed by atoms with Gasteiger partial charge in [-0.2, -0.15) is 0 Å². The minimum atomic E-state index is -1.64. The lowest BCUT2D eigenvalue weighted by atomic mass is 10.6. The van der Waals surface area contributed by atoms with Crippen LogP contribution in [0.15, 0.2) is 0 Å². The number of nitrogens with two attached hydrogens (primary N) is 1. The van der Waals surface area contributed by atoms with Crippen LogP contribution in [0.3, 0.4) is 0 Å². The highest BCUT2D eigenvalue weighted by atomic mass is 32.1. The summed E-state index contributed by atoms with van der Waals surface area (Å²) < 4.78 is -0.512. The van der Waals surface area contributed by atoms with E-state index in [1.807, 2.05) is 0 Å². The molecule has 0 rings (SSSR count). The molecule has 0 fully saturated rings. The summed E-state index contributed by atoms with van der Waals surface area (Å²) in [7, 11) is 0. The number of hydrogen-bond donors (Lipinski definition) is 3. The molecule has 1 amide bonds. The maximum Gasteiger partial charge on any atom is 0.433 e. The fourth-order valence-electron chi connectivity index (χ4n) is 0.209. The number of carboxylic acid groups (broad SMARTS) is 1. The van der Waals surface area contributed by atoms with Gasteiger partial charge in [0.05, 0.1) is 0 Å². The van der Waals surface area contributed by atoms with E-state index in [1.165, 1.54) is 0 Å². The van der Waals surface area contributed by atoms with Crippen LogP contribution in [0.4, 0.5) is 0 Å². The Morgan fingerprint density at radius 3 is 2.10 bits per heavy atom. The monoisotopic (exact) mass is 180 g/mol. The maximum absolute atomic E-state index is 10.4. The number of carbonyl (C=O) groups is 2. The average Bonchev–Trinajstić information content (AvgIpc) is 1.84. The van der Waals surface area contributed by atoms with Gasteiger partial charge in [-0.1, -0.05) is 0 Å². The van der Waals surface area contributed by atoms with Crippen LogP contribution in [0.5, 0.6) is 0 Å². The molecule has 0 aromatic rings. The predicted octanol–water partition coefficient (Wildman–Crippen LogP) is -2.81. The van der Waals surface area contributed by atoms with Gasteiger partial charge in [-0.25, -0.2) is 9.59 Å². The average molecular weight is 180 g/mol. The van der Waals surface area contributed by atoms with Crippen LogP contribution in [0.25, 0.3) is 0 Å². The zero-order valence-corrected chi connectivity index (χ0v) is 6.29. The summed E-state index contributed by atoms with van der Waals surface area (Å²) in [5.74, 6) is -2.87. The molecule has 4 N–H and O–H groups in total. The summed E-state index contributed by atoms with van der Waals surface area (Å²) in [6.45, 7) is 0. The number of thiocarbonyl (C=S) groups is 1. The van der Waals surface area contributed by atoms with Crippen molar-refractivity contribution in [3.05, 3.63) is 0 Å². The molecule has 0 saturated carbocycles. The third-order valence-corrected chi connectivity index (χ3v) is 1.36. The Morgan fingerprint density at radius 2 is 2.00 bits per heavy atom. The zero-order valence-electron chi connectivity index (χ0n) is 4.66. The Kier molecular flexibility index (Phi) is 3.26. The van der Waals surface area contributed by atoms with E-state index in [-0.39, 0.29) is 5.11 Å². The molecule has 1 atom stereocenters. The second-order valence-corrected chi connectivity index (χ2v) is 2.18. The van der Waals surface area contributed by atoms with Crippen molar-refractivity contribution in [1.29, 1.82) is 0 Å². The molecule has 7 heteroatoms. The Balaban J connectivity index is 4.22. The van der Waals surface area contributed by atoms with Crippen molar-refractivity contribution >= 4 is 42.0 Å². The smallest absolute Gasteiger partial charge is 0.433 e. The van der Waals surface area contributed by atoms with Crippen LogP contribution in [0, 0.1) is 0 Å². The first-order chi connectivity index (χ1) is 4.46. The molecular formula is C3H4N2O3S2. The topological polar surface area (TPSA) is 84.8 Å². The highest BCUT2D eigenvalue weighted by molar-refractivity contribution is 7.80. The standard InChI is InChI=1S/C3H4N2O3S2/c4-3(9)5(10)1(6)2(7)8/h5H,(H2,4,9)(H,7,8). The van der Waals surface area contributed by atoms with Crippen molar-refractivity contribution < 1.29 is 19.0 Å². The van der Waals surface area contributed by atoms with Crippen LogP contribution >= 0.6 is 12.2 Å². The van der Waals surface area contributed by atoms with E-state index in [0.29, 0.717) is 0 Å². The summed E-state index contributed by atoms with van der Waals surface area (Å²) >= 11 is 8.55. The van der Waals surface area contributed by atoms with E-state index in [9.17, 15) is 9.59 Å². The largest absolute Gasteiger partial charge is 0.478 e. The lowest BCUT2D eigenvalue weighted by Gasteiger charge is -2.13. The molecule has 5 nitrogen and oxygen atoms in total. The summed E-state index contributed by atoms with van der Waals surface area (Å²) in [4.78, 5) is 20.3. The third-order valence-electron chi connectivity index (χ3n) is 0.624. The Hall–Kier alpha value is -0.660. The van der Waals surface area contributed by atoms with Crippen molar-refractivity contribution in [1.82, 2.24) is 0 Å². The fraction of sp³-hybridized carbons (Fsp3) is 0. The van der Waals surface area contributed by atoms with Gasteiger partial charge in [-0.3, -0.25) is 0 Å². The lowest BCUT2D eigenvalue weighted by Crippen LogP contribution is -3.15. The maximum atomic E-state index is 10.4. The molecule has 56 valence electrons. The summed E-state index contributed by atoms with van der Waals surface area (Å²) in [6.07, 6.45) is 0. The number of carbonyl (C=O) groups excluding carboxylic acids is 1. The van der Waals surface area contributed by atoms with Gasteiger partial charge in [-0.15, -0.1) is 0 Å². The second kappa shape index (κ2) is 3.49. The third kappa shape index (κ3) is 2.29. The number of carboxylic acids is 1. The minimum absolute atomic E-state index is 0.359. The van der Waals surface area contributed by atoms with E-state index < -0.39 is 16.2 Å². The van der Waals surface area contributed by atoms with E-state index in [1.54, 1.807) is 0 Å². The first kappa shape index (κ1) is 9.34. The normalized spacial score (nSPS) is 12.1. The molecule has 0 radical (unpaired) electrons. The molecule has 0 aromatic carbocycles. The quantitative estimate of drug-likeness (QED) is 0.212. The number of aliphatic carboxylic acids is 1. The van der Waals surface area contributed by atoms with Crippen LogP contribution in [-0.2, 0) is 22.4 Å². The number of amides is 1. The van der Waals surface area contributed by atoms with Gasteiger partial charge in [0.25, 0.3) is 5.11 Å². The summed E-state index contributed by atoms with van der Waals surface area (Å²) in [5, 5.41) is 7.69. The van der Waals surface area contributed by atoms with Gasteiger partial charge in [0, 0.05) is 12.2 Å². The molecule has 1 unspecified atom stereocenters. The van der Waals surface area contributed by atoms with E-state index >= 15 is 0 Å². The molecule has 0 heterocycles. The van der Waals surface area contributed by atoms with Crippen LogP contribution in [0.1, 0.15) is 0 Å². The van der Waals surface area contributed by atoms with Crippen molar-refractivity contribution in [2.45, 2.75) is 0 Å². The molecule has 0 aliphatic heterocycles. The highest BCUT2D eigenvalue weighted by Gasteiger charge is 2.20. The SMILES string of the molecule is NC(=S)[NH+]([S-])C(=O)C(=O)O. The molecule has 0 aromatic heterocycles. The van der Waals surface area contributed by atoms with Gasteiger partial charge < -0.3 is 28.0 Å². The predicted molar refractivity (Wildman–Crippen MR) is 37.8 cm³/mol. The molecule has 10 heavy (non-hydrogen) atoms. The molecule has 0 aliphatic rings. The van der Waals surface area contributed by atoms with Gasteiger partial charge in [0.2, 0.25) is 0 Å². The highest BCUT2D eigenvalue weighted by Crippen LogP contribution is 1.57. The van der Waals surface area contributed by atoms with Gasteiger partial charge in [0.1, 0.15) is 0 Å². The second-order valence-electron chi connectivity index (χ2n) is 1.33. The van der Waals surface area contributed by atoms with E-state index in [2.05, 4.69) is 25.0 Å². The summed E-state index contributed by atoms with van der Waals surface area (Å²) in [6, 6.07) is 0. The summed E-state index contributed by atoms with van der Waals surface area (Å²) in [5.41, 5.74) is 4.88.